The zero-order valence-electron chi connectivity index (χ0n) is 16.2. The number of carbonyl (C=O) groups excluding carboxylic acids is 3. The van der Waals surface area contributed by atoms with Crippen LogP contribution in [0.3, 0.4) is 0 Å². The Labute approximate surface area is 160 Å². The maximum Gasteiger partial charge on any atom is 0.407 e. The van der Waals surface area contributed by atoms with E-state index in [1.165, 1.54) is 0 Å². The lowest BCUT2D eigenvalue weighted by Gasteiger charge is -2.27. The van der Waals surface area contributed by atoms with Gasteiger partial charge in [-0.1, -0.05) is 30.3 Å². The van der Waals surface area contributed by atoms with Gasteiger partial charge in [-0.3, -0.25) is 4.79 Å². The van der Waals surface area contributed by atoms with Gasteiger partial charge in [-0.15, -0.1) is 0 Å². The number of carbonyl (C=O) groups is 3. The lowest BCUT2D eigenvalue weighted by molar-refractivity contribution is -0.163. The highest BCUT2D eigenvalue weighted by atomic mass is 16.6. The Morgan fingerprint density at radius 3 is 2.56 bits per heavy atom. The summed E-state index contributed by atoms with van der Waals surface area (Å²) in [7, 11) is 0. The highest BCUT2D eigenvalue weighted by Gasteiger charge is 2.36. The molecule has 0 aromatic heterocycles. The molecule has 7 heteroatoms. The van der Waals surface area contributed by atoms with Crippen LogP contribution in [0.1, 0.15) is 45.6 Å². The van der Waals surface area contributed by atoms with E-state index >= 15 is 0 Å². The predicted molar refractivity (Wildman–Crippen MR) is 99.8 cm³/mol. The maximum absolute atomic E-state index is 12.4. The number of rotatable bonds is 6. The SMILES string of the molecule is CC(C)(C)OC(=O)C1CCCN1C(=O)CCNC(=O)OCc1ccccc1. The van der Waals surface area contributed by atoms with Crippen molar-refractivity contribution in [2.45, 2.75) is 58.3 Å². The lowest BCUT2D eigenvalue weighted by atomic mass is 10.1. The minimum atomic E-state index is -0.585. The molecule has 1 atom stereocenters. The molecule has 1 N–H and O–H groups in total. The molecule has 1 aliphatic rings. The fraction of sp³-hybridized carbons (Fsp3) is 0.550. The van der Waals surface area contributed by atoms with Crippen molar-refractivity contribution in [3.05, 3.63) is 35.9 Å². The molecule has 1 fully saturated rings. The molecule has 0 bridgehead atoms. The van der Waals surface area contributed by atoms with Crippen molar-refractivity contribution in [1.82, 2.24) is 10.2 Å². The van der Waals surface area contributed by atoms with Crippen LogP contribution in [-0.4, -0.2) is 47.6 Å². The van der Waals surface area contributed by atoms with Crippen molar-refractivity contribution in [3.63, 3.8) is 0 Å². The number of alkyl carbamates (subject to hydrolysis) is 1. The number of amides is 2. The first-order valence-corrected chi connectivity index (χ1v) is 9.23. The average molecular weight is 376 g/mol. The molecule has 7 nitrogen and oxygen atoms in total. The van der Waals surface area contributed by atoms with Gasteiger partial charge >= 0.3 is 12.1 Å². The first-order valence-electron chi connectivity index (χ1n) is 9.23. The van der Waals surface area contributed by atoms with Gasteiger partial charge in [-0.05, 0) is 39.2 Å². The minimum Gasteiger partial charge on any atom is -0.458 e. The first kappa shape index (κ1) is 20.7. The normalized spacial score (nSPS) is 16.7. The van der Waals surface area contributed by atoms with Crippen LogP contribution in [0, 0.1) is 0 Å². The lowest BCUT2D eigenvalue weighted by Crippen LogP contribution is -2.44. The van der Waals surface area contributed by atoms with Crippen molar-refractivity contribution in [3.8, 4) is 0 Å². The number of ether oxygens (including phenoxy) is 2. The summed E-state index contributed by atoms with van der Waals surface area (Å²) < 4.78 is 10.5. The van der Waals surface area contributed by atoms with Crippen molar-refractivity contribution in [1.29, 1.82) is 0 Å². The number of esters is 1. The third-order valence-corrected chi connectivity index (χ3v) is 4.07. The number of likely N-dealkylation sites (tertiary alicyclic amines) is 1. The van der Waals surface area contributed by atoms with Gasteiger partial charge < -0.3 is 19.7 Å². The summed E-state index contributed by atoms with van der Waals surface area (Å²) in [6, 6.07) is 8.81. The zero-order valence-corrected chi connectivity index (χ0v) is 16.2. The summed E-state index contributed by atoms with van der Waals surface area (Å²) in [5, 5.41) is 2.56. The van der Waals surface area contributed by atoms with Crippen LogP contribution in [-0.2, 0) is 25.7 Å². The average Bonchev–Trinajstić information content (AvgIpc) is 3.09. The summed E-state index contributed by atoms with van der Waals surface area (Å²) >= 11 is 0. The molecule has 0 saturated carbocycles. The van der Waals surface area contributed by atoms with E-state index < -0.39 is 17.7 Å². The molecule has 27 heavy (non-hydrogen) atoms. The largest absolute Gasteiger partial charge is 0.458 e. The van der Waals surface area contributed by atoms with Crippen LogP contribution in [0.15, 0.2) is 30.3 Å². The third kappa shape index (κ3) is 6.92. The van der Waals surface area contributed by atoms with Gasteiger partial charge in [0, 0.05) is 19.5 Å². The molecule has 1 aliphatic heterocycles. The highest BCUT2D eigenvalue weighted by Crippen LogP contribution is 2.21. The van der Waals surface area contributed by atoms with Crippen molar-refractivity contribution < 1.29 is 23.9 Å². The van der Waals surface area contributed by atoms with E-state index in [-0.39, 0.29) is 31.4 Å². The van der Waals surface area contributed by atoms with Gasteiger partial charge in [-0.25, -0.2) is 9.59 Å². The van der Waals surface area contributed by atoms with Crippen LogP contribution in [0.4, 0.5) is 4.79 Å². The smallest absolute Gasteiger partial charge is 0.407 e. The third-order valence-electron chi connectivity index (χ3n) is 4.07. The van der Waals surface area contributed by atoms with Crippen molar-refractivity contribution in [2.24, 2.45) is 0 Å². The number of benzene rings is 1. The van der Waals surface area contributed by atoms with Gasteiger partial charge in [0.15, 0.2) is 0 Å². The Morgan fingerprint density at radius 1 is 1.19 bits per heavy atom. The summed E-state index contributed by atoms with van der Waals surface area (Å²) in [6.45, 7) is 6.27. The predicted octanol–water partition coefficient (Wildman–Crippen LogP) is 2.64. The second kappa shape index (κ2) is 9.39. The summed E-state index contributed by atoms with van der Waals surface area (Å²) in [4.78, 5) is 37.9. The topological polar surface area (TPSA) is 84.9 Å². The number of nitrogens with zero attached hydrogens (tertiary/aromatic N) is 1. The van der Waals surface area contributed by atoms with Crippen LogP contribution >= 0.6 is 0 Å². The Bertz CT molecular complexity index is 654. The first-order chi connectivity index (χ1) is 12.8. The van der Waals surface area contributed by atoms with E-state index in [4.69, 9.17) is 9.47 Å². The Kier molecular flexibility index (Phi) is 7.21. The fourth-order valence-electron chi connectivity index (χ4n) is 2.87. The van der Waals surface area contributed by atoms with E-state index in [1.54, 1.807) is 25.7 Å². The van der Waals surface area contributed by atoms with Gasteiger partial charge in [0.05, 0.1) is 0 Å². The molecule has 1 heterocycles. The Hall–Kier alpha value is -2.57. The van der Waals surface area contributed by atoms with E-state index in [2.05, 4.69) is 5.32 Å². The number of hydrogen-bond donors (Lipinski definition) is 1. The summed E-state index contributed by atoms with van der Waals surface area (Å²) in [5.41, 5.74) is 0.305. The molecule has 1 unspecified atom stereocenters. The second-order valence-electron chi connectivity index (χ2n) is 7.52. The molecule has 1 aromatic rings. The quantitative estimate of drug-likeness (QED) is 0.772. The van der Waals surface area contributed by atoms with Gasteiger partial charge in [0.25, 0.3) is 0 Å². The van der Waals surface area contributed by atoms with E-state index in [9.17, 15) is 14.4 Å². The Balaban J connectivity index is 1.72. The molecular weight excluding hydrogens is 348 g/mol. The monoisotopic (exact) mass is 376 g/mol. The maximum atomic E-state index is 12.4. The molecule has 0 aliphatic carbocycles. The number of hydrogen-bond acceptors (Lipinski definition) is 5. The second-order valence-corrected chi connectivity index (χ2v) is 7.52. The van der Waals surface area contributed by atoms with Crippen LogP contribution in [0.2, 0.25) is 0 Å². The minimum absolute atomic E-state index is 0.111. The molecule has 2 rings (SSSR count). The molecule has 0 spiro atoms. The van der Waals surface area contributed by atoms with Crippen LogP contribution in [0.5, 0.6) is 0 Å². The highest BCUT2D eigenvalue weighted by molar-refractivity contribution is 5.85. The van der Waals surface area contributed by atoms with E-state index in [0.29, 0.717) is 13.0 Å². The van der Waals surface area contributed by atoms with Crippen LogP contribution in [0.25, 0.3) is 0 Å². The number of nitrogens with one attached hydrogen (secondary N) is 1. The van der Waals surface area contributed by atoms with E-state index in [1.807, 2.05) is 30.3 Å². The van der Waals surface area contributed by atoms with Gasteiger partial charge in [-0.2, -0.15) is 0 Å². The van der Waals surface area contributed by atoms with Gasteiger partial charge in [0.1, 0.15) is 18.2 Å². The van der Waals surface area contributed by atoms with Gasteiger partial charge in [0.2, 0.25) is 5.91 Å². The molecule has 1 aromatic carbocycles. The Morgan fingerprint density at radius 2 is 1.89 bits per heavy atom. The van der Waals surface area contributed by atoms with Crippen molar-refractivity contribution >= 4 is 18.0 Å². The fourth-order valence-corrected chi connectivity index (χ4v) is 2.87. The molecule has 148 valence electrons. The van der Waals surface area contributed by atoms with E-state index in [0.717, 1.165) is 12.0 Å². The standard InChI is InChI=1S/C20H28N2O5/c1-20(2,3)27-18(24)16-10-7-13-22(16)17(23)11-12-21-19(25)26-14-15-8-5-4-6-9-15/h4-6,8-9,16H,7,10-14H2,1-3H3,(H,21,25). The van der Waals surface area contributed by atoms with Crippen molar-refractivity contribution in [2.75, 3.05) is 13.1 Å². The summed E-state index contributed by atoms with van der Waals surface area (Å²) in [6.07, 6.45) is 0.909. The summed E-state index contributed by atoms with van der Waals surface area (Å²) in [5.74, 6) is -0.546. The molecule has 1 saturated heterocycles. The molecule has 2 amide bonds. The van der Waals surface area contributed by atoms with Crippen LogP contribution < -0.4 is 5.32 Å². The molecular formula is C20H28N2O5. The zero-order chi connectivity index (χ0) is 19.9. The molecule has 0 radical (unpaired) electrons.